The number of hydrogen-bond acceptors (Lipinski definition) is 1. The molecule has 18 heavy (non-hydrogen) atoms. The quantitative estimate of drug-likeness (QED) is 0.811. The molecule has 2 unspecified atom stereocenters. The fraction of sp³-hybridized carbons (Fsp3) is 0.462. The lowest BCUT2D eigenvalue weighted by atomic mass is 10.1. The molecule has 1 aliphatic rings. The van der Waals surface area contributed by atoms with E-state index in [1.807, 2.05) is 0 Å². The average Bonchev–Trinajstić information content (AvgIpc) is 2.70. The molecule has 1 N–H and O–H groups in total. The highest BCUT2D eigenvalue weighted by molar-refractivity contribution is 9.10. The van der Waals surface area contributed by atoms with Crippen LogP contribution < -0.4 is 5.32 Å². The molecular weight excluding hydrogens is 337 g/mol. The van der Waals surface area contributed by atoms with Crippen molar-refractivity contribution in [1.82, 2.24) is 5.32 Å². The van der Waals surface area contributed by atoms with Crippen LogP contribution in [0.5, 0.6) is 0 Å². The maximum Gasteiger partial charge on any atom is 0.251 e. The number of benzene rings is 1. The summed E-state index contributed by atoms with van der Waals surface area (Å²) in [5, 5.41) is 3.76. The standard InChI is InChI=1S/C13H14BrCl2NO/c14-10-4-9(5-12(16)6-10)13(18)17-7-8-1-2-11(15)3-8/h4-6,8,11H,1-3,7H2,(H,17,18). The van der Waals surface area contributed by atoms with Gasteiger partial charge in [0.05, 0.1) is 0 Å². The second kappa shape index (κ2) is 6.27. The van der Waals surface area contributed by atoms with Crippen molar-refractivity contribution >= 4 is 45.0 Å². The average molecular weight is 351 g/mol. The van der Waals surface area contributed by atoms with E-state index in [2.05, 4.69) is 21.2 Å². The van der Waals surface area contributed by atoms with Gasteiger partial charge in [0.2, 0.25) is 0 Å². The molecule has 1 aliphatic carbocycles. The van der Waals surface area contributed by atoms with E-state index in [-0.39, 0.29) is 11.3 Å². The Hall–Kier alpha value is -0.250. The van der Waals surface area contributed by atoms with Crippen molar-refractivity contribution in [1.29, 1.82) is 0 Å². The van der Waals surface area contributed by atoms with E-state index in [1.54, 1.807) is 18.2 Å². The molecule has 98 valence electrons. The Morgan fingerprint density at radius 3 is 2.78 bits per heavy atom. The van der Waals surface area contributed by atoms with E-state index >= 15 is 0 Å². The highest BCUT2D eigenvalue weighted by atomic mass is 79.9. The van der Waals surface area contributed by atoms with Crippen molar-refractivity contribution in [3.63, 3.8) is 0 Å². The molecule has 1 fully saturated rings. The largest absolute Gasteiger partial charge is 0.352 e. The summed E-state index contributed by atoms with van der Waals surface area (Å²) in [6, 6.07) is 5.19. The zero-order chi connectivity index (χ0) is 13.1. The van der Waals surface area contributed by atoms with Crippen LogP contribution in [-0.2, 0) is 0 Å². The first-order chi connectivity index (χ1) is 8.54. The SMILES string of the molecule is O=C(NCC1CCC(Cl)C1)c1cc(Cl)cc(Br)c1. The van der Waals surface area contributed by atoms with Crippen LogP contribution in [0.1, 0.15) is 29.6 Å². The van der Waals surface area contributed by atoms with Gasteiger partial charge in [-0.3, -0.25) is 4.79 Å². The van der Waals surface area contributed by atoms with Crippen molar-refractivity contribution in [3.05, 3.63) is 33.3 Å². The molecule has 1 aromatic rings. The van der Waals surface area contributed by atoms with Gasteiger partial charge in [0.25, 0.3) is 5.91 Å². The van der Waals surface area contributed by atoms with E-state index in [1.165, 1.54) is 0 Å². The Morgan fingerprint density at radius 2 is 2.17 bits per heavy atom. The van der Waals surface area contributed by atoms with Gasteiger partial charge in [-0.25, -0.2) is 0 Å². The third-order valence-corrected chi connectivity index (χ3v) is 4.23. The van der Waals surface area contributed by atoms with Crippen LogP contribution in [0, 0.1) is 5.92 Å². The van der Waals surface area contributed by atoms with Crippen LogP contribution in [0.4, 0.5) is 0 Å². The maximum absolute atomic E-state index is 12.0. The molecule has 2 atom stereocenters. The minimum atomic E-state index is -0.0868. The van der Waals surface area contributed by atoms with E-state index in [0.717, 1.165) is 23.7 Å². The lowest BCUT2D eigenvalue weighted by Gasteiger charge is -2.11. The van der Waals surface area contributed by atoms with Gasteiger partial charge in [-0.15, -0.1) is 11.6 Å². The molecule has 0 aliphatic heterocycles. The summed E-state index contributed by atoms with van der Waals surface area (Å²) in [6.07, 6.45) is 3.12. The van der Waals surface area contributed by atoms with Gasteiger partial charge in [-0.2, -0.15) is 0 Å². The number of amides is 1. The summed E-state index contributed by atoms with van der Waals surface area (Å²) in [4.78, 5) is 12.0. The lowest BCUT2D eigenvalue weighted by Crippen LogP contribution is -2.28. The van der Waals surface area contributed by atoms with Crippen LogP contribution >= 0.6 is 39.1 Å². The third-order valence-electron chi connectivity index (χ3n) is 3.15. The van der Waals surface area contributed by atoms with Crippen LogP contribution in [-0.4, -0.2) is 17.8 Å². The van der Waals surface area contributed by atoms with Crippen molar-refractivity contribution in [2.75, 3.05) is 6.54 Å². The summed E-state index contributed by atoms with van der Waals surface area (Å²) < 4.78 is 0.807. The smallest absolute Gasteiger partial charge is 0.251 e. The molecule has 1 amide bonds. The number of hydrogen-bond donors (Lipinski definition) is 1. The topological polar surface area (TPSA) is 29.1 Å². The predicted octanol–water partition coefficient (Wildman–Crippen LogP) is 4.24. The van der Waals surface area contributed by atoms with Gasteiger partial charge in [0.15, 0.2) is 0 Å². The highest BCUT2D eigenvalue weighted by Gasteiger charge is 2.23. The van der Waals surface area contributed by atoms with Crippen molar-refractivity contribution in [2.45, 2.75) is 24.6 Å². The van der Waals surface area contributed by atoms with Crippen LogP contribution in [0.3, 0.4) is 0 Å². The molecule has 2 rings (SSSR count). The first kappa shape index (κ1) is 14.2. The lowest BCUT2D eigenvalue weighted by molar-refractivity contribution is 0.0947. The number of carbonyl (C=O) groups is 1. The fourth-order valence-electron chi connectivity index (χ4n) is 2.22. The Balaban J connectivity index is 1.91. The summed E-state index contributed by atoms with van der Waals surface area (Å²) in [6.45, 7) is 0.687. The second-order valence-corrected chi connectivity index (χ2v) is 6.61. The molecule has 0 bridgehead atoms. The summed E-state index contributed by atoms with van der Waals surface area (Å²) >= 11 is 15.3. The number of halogens is 3. The summed E-state index contributed by atoms with van der Waals surface area (Å²) in [5.74, 6) is 0.412. The van der Waals surface area contributed by atoms with Gasteiger partial charge in [0.1, 0.15) is 0 Å². The normalized spacial score (nSPS) is 23.1. The van der Waals surface area contributed by atoms with Gasteiger partial charge < -0.3 is 5.32 Å². The summed E-state index contributed by atoms with van der Waals surface area (Å²) in [7, 11) is 0. The third kappa shape index (κ3) is 3.87. The molecule has 2 nitrogen and oxygen atoms in total. The number of rotatable bonds is 3. The zero-order valence-corrected chi connectivity index (χ0v) is 12.9. The monoisotopic (exact) mass is 349 g/mol. The van der Waals surface area contributed by atoms with Crippen molar-refractivity contribution < 1.29 is 4.79 Å². The number of nitrogens with one attached hydrogen (secondary N) is 1. The molecule has 0 saturated heterocycles. The van der Waals surface area contributed by atoms with Gasteiger partial charge in [0, 0.05) is 27.0 Å². The molecular formula is C13H14BrCl2NO. The van der Waals surface area contributed by atoms with E-state index in [9.17, 15) is 4.79 Å². The fourth-order valence-corrected chi connectivity index (χ4v) is 3.46. The van der Waals surface area contributed by atoms with Gasteiger partial charge in [-0.05, 0) is 43.4 Å². The molecule has 1 saturated carbocycles. The van der Waals surface area contributed by atoms with E-state index in [0.29, 0.717) is 23.0 Å². The molecule has 0 radical (unpaired) electrons. The Bertz CT molecular complexity index is 432. The zero-order valence-electron chi connectivity index (χ0n) is 9.76. The Morgan fingerprint density at radius 1 is 1.39 bits per heavy atom. The molecule has 0 aromatic heterocycles. The molecule has 5 heteroatoms. The van der Waals surface area contributed by atoms with Crippen LogP contribution in [0.2, 0.25) is 5.02 Å². The second-order valence-electron chi connectivity index (χ2n) is 4.64. The first-order valence-corrected chi connectivity index (χ1v) is 7.53. The predicted molar refractivity (Wildman–Crippen MR) is 78.5 cm³/mol. The molecule has 0 spiro atoms. The first-order valence-electron chi connectivity index (χ1n) is 5.93. The maximum atomic E-state index is 12.0. The van der Waals surface area contributed by atoms with E-state index < -0.39 is 0 Å². The minimum absolute atomic E-state index is 0.0868. The number of carbonyl (C=O) groups excluding carboxylic acids is 1. The van der Waals surface area contributed by atoms with Gasteiger partial charge in [-0.1, -0.05) is 27.5 Å². The Labute approximate surface area is 125 Å². The molecule has 0 heterocycles. The Kier molecular flexibility index (Phi) is 4.93. The van der Waals surface area contributed by atoms with E-state index in [4.69, 9.17) is 23.2 Å². The van der Waals surface area contributed by atoms with Crippen LogP contribution in [0.25, 0.3) is 0 Å². The highest BCUT2D eigenvalue weighted by Crippen LogP contribution is 2.28. The summed E-state index contributed by atoms with van der Waals surface area (Å²) in [5.41, 5.74) is 0.579. The minimum Gasteiger partial charge on any atom is -0.352 e. The number of alkyl halides is 1. The van der Waals surface area contributed by atoms with Crippen molar-refractivity contribution in [2.24, 2.45) is 5.92 Å². The molecule has 1 aromatic carbocycles. The van der Waals surface area contributed by atoms with Crippen molar-refractivity contribution in [3.8, 4) is 0 Å². The van der Waals surface area contributed by atoms with Gasteiger partial charge >= 0.3 is 0 Å². The van der Waals surface area contributed by atoms with Crippen LogP contribution in [0.15, 0.2) is 22.7 Å².